The van der Waals surface area contributed by atoms with Crippen LogP contribution in [0.3, 0.4) is 0 Å². The Kier molecular flexibility index (Phi) is 2.44. The van der Waals surface area contributed by atoms with Gasteiger partial charge in [-0.3, -0.25) is 4.68 Å². The Labute approximate surface area is 100 Å². The van der Waals surface area contributed by atoms with E-state index >= 15 is 0 Å². The molecule has 17 heavy (non-hydrogen) atoms. The van der Waals surface area contributed by atoms with Crippen LogP contribution in [0.5, 0.6) is 0 Å². The van der Waals surface area contributed by atoms with Gasteiger partial charge in [0.2, 0.25) is 0 Å². The van der Waals surface area contributed by atoms with E-state index in [1.165, 1.54) is 10.9 Å². The first kappa shape index (κ1) is 10.1. The first-order chi connectivity index (χ1) is 8.38. The van der Waals surface area contributed by atoms with Crippen LogP contribution in [0.25, 0.3) is 22.3 Å². The molecule has 3 nitrogen and oxygen atoms in total. The van der Waals surface area contributed by atoms with Gasteiger partial charge in [-0.2, -0.15) is 5.10 Å². The Bertz CT molecular complexity index is 601. The minimum Gasteiger partial charge on any atom is -0.353 e. The summed E-state index contributed by atoms with van der Waals surface area (Å²) in [7, 11) is 0. The minimum atomic E-state index is 0.956. The van der Waals surface area contributed by atoms with Crippen LogP contribution in [0.1, 0.15) is 13.3 Å². The molecule has 0 saturated carbocycles. The Morgan fingerprint density at radius 2 is 2.12 bits per heavy atom. The molecule has 1 N–H and O–H groups in total. The van der Waals surface area contributed by atoms with E-state index in [0.29, 0.717) is 0 Å². The van der Waals surface area contributed by atoms with Gasteiger partial charge in [0.25, 0.3) is 0 Å². The number of hydrogen-bond donors (Lipinski definition) is 1. The highest BCUT2D eigenvalue weighted by Crippen LogP contribution is 2.23. The van der Waals surface area contributed by atoms with Gasteiger partial charge < -0.3 is 4.98 Å². The highest BCUT2D eigenvalue weighted by molar-refractivity contribution is 5.85. The maximum Gasteiger partial charge on any atom is 0.0844 e. The lowest BCUT2D eigenvalue weighted by Crippen LogP contribution is -2.00. The van der Waals surface area contributed by atoms with Gasteiger partial charge in [-0.05, 0) is 24.6 Å². The molecule has 0 aliphatic carbocycles. The van der Waals surface area contributed by atoms with Crippen molar-refractivity contribution in [1.82, 2.24) is 14.8 Å². The third-order valence-corrected chi connectivity index (χ3v) is 2.96. The standard InChI is InChI=1S/C14H15N3/c1-2-9-17-14(7-8-15-17)13-10-11-5-3-4-6-12(11)16-13/h3-8,10,16H,2,9H2,1H3. The molecule has 0 unspecified atom stereocenters. The van der Waals surface area contributed by atoms with Gasteiger partial charge in [-0.1, -0.05) is 25.1 Å². The van der Waals surface area contributed by atoms with Crippen molar-refractivity contribution >= 4 is 10.9 Å². The number of nitrogens with zero attached hydrogens (tertiary/aromatic N) is 2. The van der Waals surface area contributed by atoms with Crippen molar-refractivity contribution in [2.75, 3.05) is 0 Å². The summed E-state index contributed by atoms with van der Waals surface area (Å²) >= 11 is 0. The Morgan fingerprint density at radius 3 is 2.94 bits per heavy atom. The number of H-pyrrole nitrogens is 1. The average molecular weight is 225 g/mol. The fourth-order valence-electron chi connectivity index (χ4n) is 2.16. The second-order valence-electron chi connectivity index (χ2n) is 4.21. The number of nitrogens with one attached hydrogen (secondary N) is 1. The molecule has 86 valence electrons. The fourth-order valence-corrected chi connectivity index (χ4v) is 2.16. The molecular weight excluding hydrogens is 210 g/mol. The Morgan fingerprint density at radius 1 is 1.24 bits per heavy atom. The van der Waals surface area contributed by atoms with E-state index < -0.39 is 0 Å². The van der Waals surface area contributed by atoms with Gasteiger partial charge >= 0.3 is 0 Å². The van der Waals surface area contributed by atoms with E-state index in [0.717, 1.165) is 24.4 Å². The van der Waals surface area contributed by atoms with Crippen LogP contribution in [0.4, 0.5) is 0 Å². The van der Waals surface area contributed by atoms with Gasteiger partial charge in [0, 0.05) is 23.6 Å². The molecule has 0 atom stereocenters. The fraction of sp³-hybridized carbons (Fsp3) is 0.214. The van der Waals surface area contributed by atoms with Gasteiger partial charge in [0.15, 0.2) is 0 Å². The monoisotopic (exact) mass is 225 g/mol. The van der Waals surface area contributed by atoms with E-state index in [1.54, 1.807) is 0 Å². The Balaban J connectivity index is 2.10. The van der Waals surface area contributed by atoms with E-state index in [2.05, 4.69) is 47.3 Å². The molecule has 0 spiro atoms. The summed E-state index contributed by atoms with van der Waals surface area (Å²) in [6.45, 7) is 3.12. The molecule has 0 radical (unpaired) electrons. The summed E-state index contributed by atoms with van der Waals surface area (Å²) in [5, 5.41) is 5.59. The van der Waals surface area contributed by atoms with Crippen LogP contribution >= 0.6 is 0 Å². The maximum atomic E-state index is 4.35. The van der Waals surface area contributed by atoms with Crippen molar-refractivity contribution in [2.45, 2.75) is 19.9 Å². The van der Waals surface area contributed by atoms with Gasteiger partial charge in [-0.25, -0.2) is 0 Å². The number of aromatic amines is 1. The van der Waals surface area contributed by atoms with E-state index in [1.807, 2.05) is 16.9 Å². The lowest BCUT2D eigenvalue weighted by atomic mass is 10.2. The predicted octanol–water partition coefficient (Wildman–Crippen LogP) is 3.44. The smallest absolute Gasteiger partial charge is 0.0844 e. The molecule has 0 saturated heterocycles. The van der Waals surface area contributed by atoms with Crippen molar-refractivity contribution in [2.24, 2.45) is 0 Å². The van der Waals surface area contributed by atoms with Crippen molar-refractivity contribution in [3.05, 3.63) is 42.6 Å². The van der Waals surface area contributed by atoms with Crippen LogP contribution < -0.4 is 0 Å². The number of benzene rings is 1. The third-order valence-electron chi connectivity index (χ3n) is 2.96. The highest BCUT2D eigenvalue weighted by atomic mass is 15.3. The highest BCUT2D eigenvalue weighted by Gasteiger charge is 2.07. The second-order valence-corrected chi connectivity index (χ2v) is 4.21. The molecule has 0 aliphatic rings. The topological polar surface area (TPSA) is 33.6 Å². The van der Waals surface area contributed by atoms with Gasteiger partial charge in [-0.15, -0.1) is 0 Å². The molecule has 3 aromatic rings. The van der Waals surface area contributed by atoms with Crippen molar-refractivity contribution < 1.29 is 0 Å². The number of aromatic nitrogens is 3. The van der Waals surface area contributed by atoms with Crippen LogP contribution in [0.15, 0.2) is 42.6 Å². The first-order valence-corrected chi connectivity index (χ1v) is 5.98. The number of rotatable bonds is 3. The average Bonchev–Trinajstić information content (AvgIpc) is 2.94. The van der Waals surface area contributed by atoms with E-state index in [4.69, 9.17) is 0 Å². The number of para-hydroxylation sites is 1. The normalized spacial score (nSPS) is 11.1. The molecule has 0 amide bonds. The summed E-state index contributed by atoms with van der Waals surface area (Å²) in [6, 6.07) is 12.6. The number of fused-ring (bicyclic) bond motifs is 1. The zero-order valence-corrected chi connectivity index (χ0v) is 9.85. The zero-order chi connectivity index (χ0) is 11.7. The molecule has 3 rings (SSSR count). The number of aryl methyl sites for hydroxylation is 1. The SMILES string of the molecule is CCCn1nccc1-c1cc2ccccc2[nH]1. The summed E-state index contributed by atoms with van der Waals surface area (Å²) in [5.41, 5.74) is 3.46. The molecule has 2 aromatic heterocycles. The first-order valence-electron chi connectivity index (χ1n) is 5.98. The maximum absolute atomic E-state index is 4.35. The second kappa shape index (κ2) is 4.09. The molecule has 0 fully saturated rings. The largest absolute Gasteiger partial charge is 0.353 e. The van der Waals surface area contributed by atoms with E-state index in [9.17, 15) is 0 Å². The minimum absolute atomic E-state index is 0.956. The summed E-state index contributed by atoms with van der Waals surface area (Å²) in [6.07, 6.45) is 2.95. The van der Waals surface area contributed by atoms with Crippen LogP contribution in [0, 0.1) is 0 Å². The number of hydrogen-bond acceptors (Lipinski definition) is 1. The van der Waals surface area contributed by atoms with Crippen LogP contribution in [-0.4, -0.2) is 14.8 Å². The Hall–Kier alpha value is -2.03. The molecule has 0 bridgehead atoms. The molecular formula is C14H15N3. The van der Waals surface area contributed by atoms with Crippen molar-refractivity contribution in [3.8, 4) is 11.4 Å². The lowest BCUT2D eigenvalue weighted by Gasteiger charge is -2.03. The quantitative estimate of drug-likeness (QED) is 0.727. The molecule has 0 aliphatic heterocycles. The molecule has 3 heteroatoms. The molecule has 1 aromatic carbocycles. The lowest BCUT2D eigenvalue weighted by molar-refractivity contribution is 0.608. The summed E-state index contributed by atoms with van der Waals surface area (Å²) in [5.74, 6) is 0. The van der Waals surface area contributed by atoms with Crippen molar-refractivity contribution in [1.29, 1.82) is 0 Å². The predicted molar refractivity (Wildman–Crippen MR) is 69.8 cm³/mol. The summed E-state index contributed by atoms with van der Waals surface area (Å²) < 4.78 is 2.05. The van der Waals surface area contributed by atoms with Gasteiger partial charge in [0.05, 0.1) is 11.4 Å². The third kappa shape index (κ3) is 1.73. The molecule has 2 heterocycles. The van der Waals surface area contributed by atoms with Gasteiger partial charge in [0.1, 0.15) is 0 Å². The summed E-state index contributed by atoms with van der Waals surface area (Å²) in [4.78, 5) is 3.44. The van der Waals surface area contributed by atoms with Crippen LogP contribution in [-0.2, 0) is 6.54 Å². The zero-order valence-electron chi connectivity index (χ0n) is 9.85. The van der Waals surface area contributed by atoms with Crippen LogP contribution in [0.2, 0.25) is 0 Å². The van der Waals surface area contributed by atoms with E-state index in [-0.39, 0.29) is 0 Å². The van der Waals surface area contributed by atoms with Crippen molar-refractivity contribution in [3.63, 3.8) is 0 Å².